The third-order valence-electron chi connectivity index (χ3n) is 3.68. The summed E-state index contributed by atoms with van der Waals surface area (Å²) in [4.78, 5) is 16.2. The Bertz CT molecular complexity index is 676. The zero-order valence-corrected chi connectivity index (χ0v) is 14.7. The van der Waals surface area contributed by atoms with Crippen molar-refractivity contribution in [3.63, 3.8) is 0 Å². The van der Waals surface area contributed by atoms with Crippen molar-refractivity contribution < 1.29 is 14.3 Å². The summed E-state index contributed by atoms with van der Waals surface area (Å²) in [7, 11) is 3.31. The minimum absolute atomic E-state index is 0.174. The lowest BCUT2D eigenvalue weighted by Crippen LogP contribution is -2.26. The first-order valence-corrected chi connectivity index (χ1v) is 8.33. The largest absolute Gasteiger partial charge is 0.497 e. The fourth-order valence-electron chi connectivity index (χ4n) is 2.35. The van der Waals surface area contributed by atoms with Gasteiger partial charge in [0.1, 0.15) is 11.4 Å². The van der Waals surface area contributed by atoms with Crippen LogP contribution in [0.1, 0.15) is 22.5 Å². The molecule has 0 saturated heterocycles. The standard InChI is InChI=1S/C19H25N3O3/c1-24-12-4-9-22-19(23)18-14-16(8-11-21-18)20-10-7-15-5-3-6-17(13-15)25-2/h3,5-6,8,11,13-14H,4,7,9-10,12H2,1-2H3,(H,20,21)(H,22,23). The van der Waals surface area contributed by atoms with Gasteiger partial charge in [0, 0.05) is 38.7 Å². The lowest BCUT2D eigenvalue weighted by Gasteiger charge is -2.09. The van der Waals surface area contributed by atoms with Crippen molar-refractivity contribution in [2.45, 2.75) is 12.8 Å². The van der Waals surface area contributed by atoms with E-state index in [-0.39, 0.29) is 5.91 Å². The molecule has 1 aromatic carbocycles. The summed E-state index contributed by atoms with van der Waals surface area (Å²) in [5.74, 6) is 0.682. The molecule has 25 heavy (non-hydrogen) atoms. The highest BCUT2D eigenvalue weighted by molar-refractivity contribution is 5.93. The number of aromatic nitrogens is 1. The van der Waals surface area contributed by atoms with Crippen molar-refractivity contribution in [2.24, 2.45) is 0 Å². The summed E-state index contributed by atoms with van der Waals surface area (Å²) < 4.78 is 10.2. The molecule has 2 rings (SSSR count). The molecule has 0 spiro atoms. The number of nitrogens with zero attached hydrogens (tertiary/aromatic N) is 1. The van der Waals surface area contributed by atoms with Crippen molar-refractivity contribution in [1.29, 1.82) is 0 Å². The predicted octanol–water partition coefficient (Wildman–Crippen LogP) is 2.51. The van der Waals surface area contributed by atoms with Crippen LogP contribution in [0.2, 0.25) is 0 Å². The van der Waals surface area contributed by atoms with E-state index in [4.69, 9.17) is 9.47 Å². The van der Waals surface area contributed by atoms with Gasteiger partial charge in [-0.3, -0.25) is 9.78 Å². The second-order valence-electron chi connectivity index (χ2n) is 5.56. The summed E-state index contributed by atoms with van der Waals surface area (Å²) in [5, 5.41) is 6.15. The third kappa shape index (κ3) is 6.43. The fourth-order valence-corrected chi connectivity index (χ4v) is 2.35. The van der Waals surface area contributed by atoms with Crippen molar-refractivity contribution in [3.05, 3.63) is 53.9 Å². The SMILES string of the molecule is COCCCNC(=O)c1cc(NCCc2cccc(OC)c2)ccn1. The zero-order chi connectivity index (χ0) is 17.9. The highest BCUT2D eigenvalue weighted by Crippen LogP contribution is 2.13. The number of hydrogen-bond donors (Lipinski definition) is 2. The number of carbonyl (C=O) groups excluding carboxylic acids is 1. The van der Waals surface area contributed by atoms with Crippen molar-refractivity contribution in [3.8, 4) is 5.75 Å². The van der Waals surface area contributed by atoms with Crippen LogP contribution in [0, 0.1) is 0 Å². The molecular weight excluding hydrogens is 318 g/mol. The number of nitrogens with one attached hydrogen (secondary N) is 2. The predicted molar refractivity (Wildman–Crippen MR) is 98.3 cm³/mol. The summed E-state index contributed by atoms with van der Waals surface area (Å²) in [6.07, 6.45) is 3.27. The van der Waals surface area contributed by atoms with Crippen LogP contribution in [0.3, 0.4) is 0 Å². The molecule has 6 nitrogen and oxygen atoms in total. The summed E-state index contributed by atoms with van der Waals surface area (Å²) >= 11 is 0. The molecule has 0 fully saturated rings. The monoisotopic (exact) mass is 343 g/mol. The minimum Gasteiger partial charge on any atom is -0.497 e. The number of anilines is 1. The van der Waals surface area contributed by atoms with E-state index in [0.29, 0.717) is 18.8 Å². The number of rotatable bonds is 10. The molecule has 0 unspecified atom stereocenters. The molecule has 0 bridgehead atoms. The van der Waals surface area contributed by atoms with Gasteiger partial charge in [0.2, 0.25) is 0 Å². The van der Waals surface area contributed by atoms with Gasteiger partial charge in [-0.25, -0.2) is 0 Å². The average molecular weight is 343 g/mol. The first-order valence-electron chi connectivity index (χ1n) is 8.33. The fraction of sp³-hybridized carbons (Fsp3) is 0.368. The second-order valence-corrected chi connectivity index (χ2v) is 5.56. The molecule has 0 aliphatic heterocycles. The normalized spacial score (nSPS) is 10.3. The Morgan fingerprint density at radius 1 is 1.16 bits per heavy atom. The van der Waals surface area contributed by atoms with Gasteiger partial charge in [-0.15, -0.1) is 0 Å². The maximum absolute atomic E-state index is 12.1. The van der Waals surface area contributed by atoms with Crippen LogP contribution in [0.15, 0.2) is 42.6 Å². The smallest absolute Gasteiger partial charge is 0.269 e. The van der Waals surface area contributed by atoms with E-state index in [1.807, 2.05) is 24.3 Å². The maximum Gasteiger partial charge on any atom is 0.269 e. The summed E-state index contributed by atoms with van der Waals surface area (Å²) in [6, 6.07) is 11.6. The molecule has 1 amide bonds. The average Bonchev–Trinajstić information content (AvgIpc) is 2.65. The molecule has 1 aromatic heterocycles. The molecule has 1 heterocycles. The zero-order valence-electron chi connectivity index (χ0n) is 14.7. The topological polar surface area (TPSA) is 72.5 Å². The minimum atomic E-state index is -0.174. The van der Waals surface area contributed by atoms with Crippen LogP contribution in [0.25, 0.3) is 0 Å². The Hall–Kier alpha value is -2.60. The van der Waals surface area contributed by atoms with Crippen LogP contribution < -0.4 is 15.4 Å². The summed E-state index contributed by atoms with van der Waals surface area (Å²) in [5.41, 5.74) is 2.47. The number of pyridine rings is 1. The van der Waals surface area contributed by atoms with E-state index in [1.165, 1.54) is 5.56 Å². The van der Waals surface area contributed by atoms with Crippen molar-refractivity contribution in [2.75, 3.05) is 39.2 Å². The Morgan fingerprint density at radius 2 is 2.04 bits per heavy atom. The maximum atomic E-state index is 12.1. The Labute approximate surface area is 148 Å². The van der Waals surface area contributed by atoms with Gasteiger partial charge >= 0.3 is 0 Å². The second kappa shape index (κ2) is 10.3. The number of methoxy groups -OCH3 is 2. The van der Waals surface area contributed by atoms with E-state index in [0.717, 1.165) is 30.8 Å². The Morgan fingerprint density at radius 3 is 2.84 bits per heavy atom. The Kier molecular flexibility index (Phi) is 7.72. The van der Waals surface area contributed by atoms with Crippen LogP contribution >= 0.6 is 0 Å². The molecule has 0 aliphatic carbocycles. The number of hydrogen-bond acceptors (Lipinski definition) is 5. The number of amides is 1. The van der Waals surface area contributed by atoms with Crippen LogP contribution in [0.5, 0.6) is 5.75 Å². The van der Waals surface area contributed by atoms with Gasteiger partial charge in [-0.1, -0.05) is 12.1 Å². The first-order chi connectivity index (χ1) is 12.2. The molecule has 0 aliphatic rings. The van der Waals surface area contributed by atoms with Gasteiger partial charge in [0.15, 0.2) is 0 Å². The lowest BCUT2D eigenvalue weighted by molar-refractivity contribution is 0.0943. The van der Waals surface area contributed by atoms with E-state index >= 15 is 0 Å². The Balaban J connectivity index is 1.83. The van der Waals surface area contributed by atoms with Crippen LogP contribution in [-0.2, 0) is 11.2 Å². The molecular formula is C19H25N3O3. The number of ether oxygens (including phenoxy) is 2. The van der Waals surface area contributed by atoms with Gasteiger partial charge in [-0.05, 0) is 42.7 Å². The van der Waals surface area contributed by atoms with E-state index < -0.39 is 0 Å². The van der Waals surface area contributed by atoms with Gasteiger partial charge in [0.25, 0.3) is 5.91 Å². The highest BCUT2D eigenvalue weighted by atomic mass is 16.5. The number of carbonyl (C=O) groups is 1. The van der Waals surface area contributed by atoms with Crippen LogP contribution in [0.4, 0.5) is 5.69 Å². The molecule has 0 atom stereocenters. The van der Waals surface area contributed by atoms with Gasteiger partial charge < -0.3 is 20.1 Å². The third-order valence-corrected chi connectivity index (χ3v) is 3.68. The quantitative estimate of drug-likeness (QED) is 0.649. The molecule has 0 saturated carbocycles. The molecule has 134 valence electrons. The van der Waals surface area contributed by atoms with E-state index in [2.05, 4.69) is 21.7 Å². The van der Waals surface area contributed by atoms with Crippen molar-refractivity contribution >= 4 is 11.6 Å². The van der Waals surface area contributed by atoms with E-state index in [1.54, 1.807) is 26.5 Å². The van der Waals surface area contributed by atoms with Crippen molar-refractivity contribution in [1.82, 2.24) is 10.3 Å². The summed E-state index contributed by atoms with van der Waals surface area (Å²) in [6.45, 7) is 1.95. The highest BCUT2D eigenvalue weighted by Gasteiger charge is 2.07. The number of benzene rings is 1. The molecule has 6 heteroatoms. The molecule has 2 N–H and O–H groups in total. The van der Waals surface area contributed by atoms with Gasteiger partial charge in [0.05, 0.1) is 7.11 Å². The molecule has 2 aromatic rings. The first kappa shape index (κ1) is 18.7. The van der Waals surface area contributed by atoms with Crippen LogP contribution in [-0.4, -0.2) is 44.8 Å². The van der Waals surface area contributed by atoms with E-state index in [9.17, 15) is 4.79 Å². The lowest BCUT2D eigenvalue weighted by atomic mass is 10.1. The van der Waals surface area contributed by atoms with Gasteiger partial charge in [-0.2, -0.15) is 0 Å². The molecule has 0 radical (unpaired) electrons.